The molecule has 8 nitrogen and oxygen atoms in total. The van der Waals surface area contributed by atoms with Gasteiger partial charge in [0.1, 0.15) is 24.0 Å². The fraction of sp³-hybridized carbons (Fsp3) is 0.231. The van der Waals surface area contributed by atoms with E-state index in [-0.39, 0.29) is 5.69 Å². The Bertz CT molecular complexity index is 1410. The number of benzene rings is 2. The molecule has 0 aliphatic carbocycles. The van der Waals surface area contributed by atoms with Crippen molar-refractivity contribution < 1.29 is 22.7 Å². The predicted octanol–water partition coefficient (Wildman–Crippen LogP) is 5.18. The summed E-state index contributed by atoms with van der Waals surface area (Å²) in [5, 5.41) is 11.6. The Kier molecular flexibility index (Phi) is 6.51. The number of aromatic nitrogens is 4. The van der Waals surface area contributed by atoms with Crippen molar-refractivity contribution in [1.29, 1.82) is 0 Å². The largest absolute Gasteiger partial charge is 0.495 e. The van der Waals surface area contributed by atoms with Gasteiger partial charge in [0.05, 0.1) is 30.9 Å². The Balaban J connectivity index is 1.42. The number of rotatable bonds is 6. The zero-order chi connectivity index (χ0) is 26.0. The van der Waals surface area contributed by atoms with Gasteiger partial charge in [0.25, 0.3) is 5.91 Å². The summed E-state index contributed by atoms with van der Waals surface area (Å²) in [5.74, 6) is -0.124. The van der Waals surface area contributed by atoms with Crippen molar-refractivity contribution >= 4 is 23.0 Å². The summed E-state index contributed by atoms with van der Waals surface area (Å²) >= 11 is 0. The SMILES string of the molecule is COc1cc(-c2cn(C3CCc4ccccc4N(CC(F)(F)F)C3=O)nn2)ccc1Nc1cccnc1. The fourth-order valence-electron chi connectivity index (χ4n) is 4.39. The minimum Gasteiger partial charge on any atom is -0.495 e. The van der Waals surface area contributed by atoms with Crippen molar-refractivity contribution in [3.8, 4) is 17.0 Å². The standard InChI is InChI=1S/C26H23F3N6O2/c1-37-24-13-18(8-10-20(24)31-19-6-4-12-30-14-19)21-15-35(33-32-21)23-11-9-17-5-2-3-7-22(17)34(25(23)36)16-26(27,28)29/h2-8,10,12-15,23,31H,9,11,16H2,1H3. The number of hydrogen-bond acceptors (Lipinski definition) is 6. The van der Waals surface area contributed by atoms with Crippen LogP contribution < -0.4 is 15.0 Å². The molecule has 4 aromatic rings. The summed E-state index contributed by atoms with van der Waals surface area (Å²) in [4.78, 5) is 18.2. The second kappa shape index (κ2) is 9.92. The third-order valence-corrected chi connectivity index (χ3v) is 6.13. The second-order valence-corrected chi connectivity index (χ2v) is 8.59. The minimum absolute atomic E-state index is 0.272. The van der Waals surface area contributed by atoms with Gasteiger partial charge in [-0.15, -0.1) is 5.10 Å². The number of amides is 1. The van der Waals surface area contributed by atoms with Gasteiger partial charge in [-0.1, -0.05) is 29.5 Å². The van der Waals surface area contributed by atoms with E-state index >= 15 is 0 Å². The highest BCUT2D eigenvalue weighted by Gasteiger charge is 2.39. The number of fused-ring (bicyclic) bond motifs is 1. The van der Waals surface area contributed by atoms with Crippen molar-refractivity contribution in [2.75, 3.05) is 23.9 Å². The molecule has 1 unspecified atom stereocenters. The normalized spacial score (nSPS) is 15.7. The Morgan fingerprint density at radius 1 is 1.14 bits per heavy atom. The Labute approximate surface area is 210 Å². The molecule has 0 fully saturated rings. The van der Waals surface area contributed by atoms with E-state index in [2.05, 4.69) is 20.6 Å². The Morgan fingerprint density at radius 2 is 1.97 bits per heavy atom. The third-order valence-electron chi connectivity index (χ3n) is 6.13. The number of anilines is 3. The number of nitrogens with one attached hydrogen (secondary N) is 1. The number of carbonyl (C=O) groups excluding carboxylic acids is 1. The molecule has 11 heteroatoms. The molecule has 0 bridgehead atoms. The lowest BCUT2D eigenvalue weighted by molar-refractivity contribution is -0.134. The van der Waals surface area contributed by atoms with Crippen LogP contribution in [0.1, 0.15) is 18.0 Å². The first-order valence-electron chi connectivity index (χ1n) is 11.6. The zero-order valence-electron chi connectivity index (χ0n) is 19.8. The van der Waals surface area contributed by atoms with Crippen LogP contribution in [-0.4, -0.2) is 45.7 Å². The maximum absolute atomic E-state index is 13.4. The molecule has 5 rings (SSSR count). The summed E-state index contributed by atoms with van der Waals surface area (Å²) in [6.45, 7) is -1.37. The zero-order valence-corrected chi connectivity index (χ0v) is 19.8. The van der Waals surface area contributed by atoms with Gasteiger partial charge in [-0.3, -0.25) is 9.78 Å². The fourth-order valence-corrected chi connectivity index (χ4v) is 4.39. The molecule has 2 aromatic heterocycles. The molecule has 1 aliphatic heterocycles. The minimum atomic E-state index is -4.55. The molecule has 3 heterocycles. The number of hydrogen-bond donors (Lipinski definition) is 1. The average Bonchev–Trinajstić information content (AvgIpc) is 3.33. The number of ether oxygens (including phenoxy) is 1. The number of aryl methyl sites for hydroxylation is 1. The first-order valence-corrected chi connectivity index (χ1v) is 11.6. The van der Waals surface area contributed by atoms with Gasteiger partial charge in [0.15, 0.2) is 0 Å². The lowest BCUT2D eigenvalue weighted by atomic mass is 10.1. The van der Waals surface area contributed by atoms with Crippen LogP contribution in [0, 0.1) is 0 Å². The highest BCUT2D eigenvalue weighted by molar-refractivity contribution is 5.97. The van der Waals surface area contributed by atoms with Crippen molar-refractivity contribution in [3.05, 3.63) is 78.8 Å². The van der Waals surface area contributed by atoms with Gasteiger partial charge in [-0.05, 0) is 48.7 Å². The summed E-state index contributed by atoms with van der Waals surface area (Å²) in [5.41, 5.74) is 3.60. The molecule has 0 saturated carbocycles. The van der Waals surface area contributed by atoms with E-state index in [1.807, 2.05) is 24.3 Å². The number of carbonyl (C=O) groups is 1. The number of para-hydroxylation sites is 1. The smallest absolute Gasteiger partial charge is 0.406 e. The summed E-state index contributed by atoms with van der Waals surface area (Å²) in [7, 11) is 1.54. The van der Waals surface area contributed by atoms with Gasteiger partial charge >= 0.3 is 6.18 Å². The van der Waals surface area contributed by atoms with Crippen LogP contribution in [0.15, 0.2) is 73.2 Å². The number of methoxy groups -OCH3 is 1. The highest BCUT2D eigenvalue weighted by Crippen LogP contribution is 2.35. The van der Waals surface area contributed by atoms with Crippen LogP contribution in [0.3, 0.4) is 0 Å². The number of alkyl halides is 3. The van der Waals surface area contributed by atoms with E-state index in [1.54, 1.807) is 56.0 Å². The van der Waals surface area contributed by atoms with E-state index < -0.39 is 24.7 Å². The first kappa shape index (κ1) is 24.3. The molecule has 37 heavy (non-hydrogen) atoms. The van der Waals surface area contributed by atoms with Crippen LogP contribution in [-0.2, 0) is 11.2 Å². The van der Waals surface area contributed by atoms with E-state index in [4.69, 9.17) is 4.74 Å². The van der Waals surface area contributed by atoms with Crippen LogP contribution >= 0.6 is 0 Å². The van der Waals surface area contributed by atoms with Crippen molar-refractivity contribution in [3.63, 3.8) is 0 Å². The van der Waals surface area contributed by atoms with Gasteiger partial charge in [0, 0.05) is 17.4 Å². The summed E-state index contributed by atoms with van der Waals surface area (Å²) < 4.78 is 47.0. The van der Waals surface area contributed by atoms with Crippen molar-refractivity contribution in [2.45, 2.75) is 25.1 Å². The number of pyridine rings is 1. The molecule has 0 spiro atoms. The van der Waals surface area contributed by atoms with E-state index in [0.29, 0.717) is 41.1 Å². The summed E-state index contributed by atoms with van der Waals surface area (Å²) in [6, 6.07) is 14.8. The van der Waals surface area contributed by atoms with Gasteiger partial charge in [0.2, 0.25) is 0 Å². The number of halogens is 3. The molecule has 1 aliphatic rings. The molecule has 1 N–H and O–H groups in total. The lowest BCUT2D eigenvalue weighted by Crippen LogP contribution is -2.42. The Hall–Kier alpha value is -4.41. The van der Waals surface area contributed by atoms with Crippen LogP contribution in [0.5, 0.6) is 5.75 Å². The maximum Gasteiger partial charge on any atom is 0.406 e. The molecule has 1 atom stereocenters. The third kappa shape index (κ3) is 5.25. The van der Waals surface area contributed by atoms with Gasteiger partial charge < -0.3 is 15.0 Å². The molecular weight excluding hydrogens is 485 g/mol. The van der Waals surface area contributed by atoms with Crippen LogP contribution in [0.4, 0.5) is 30.2 Å². The van der Waals surface area contributed by atoms with Crippen LogP contribution in [0.2, 0.25) is 0 Å². The second-order valence-electron chi connectivity index (χ2n) is 8.59. The summed E-state index contributed by atoms with van der Waals surface area (Å²) in [6.07, 6.45) is 1.11. The Morgan fingerprint density at radius 3 is 2.73 bits per heavy atom. The van der Waals surface area contributed by atoms with E-state index in [0.717, 1.165) is 10.6 Å². The maximum atomic E-state index is 13.4. The first-order chi connectivity index (χ1) is 17.8. The average molecular weight is 509 g/mol. The van der Waals surface area contributed by atoms with E-state index in [9.17, 15) is 18.0 Å². The monoisotopic (exact) mass is 508 g/mol. The molecular formula is C26H23F3N6O2. The number of nitrogens with zero attached hydrogens (tertiary/aromatic N) is 5. The molecule has 190 valence electrons. The lowest BCUT2D eigenvalue weighted by Gasteiger charge is -2.26. The van der Waals surface area contributed by atoms with Crippen LogP contribution in [0.25, 0.3) is 11.3 Å². The highest BCUT2D eigenvalue weighted by atomic mass is 19.4. The van der Waals surface area contributed by atoms with Crippen molar-refractivity contribution in [2.24, 2.45) is 0 Å². The van der Waals surface area contributed by atoms with Gasteiger partial charge in [-0.2, -0.15) is 13.2 Å². The van der Waals surface area contributed by atoms with E-state index in [1.165, 1.54) is 4.68 Å². The molecule has 0 radical (unpaired) electrons. The van der Waals surface area contributed by atoms with Crippen molar-refractivity contribution in [1.82, 2.24) is 20.0 Å². The predicted molar refractivity (Wildman–Crippen MR) is 132 cm³/mol. The topological polar surface area (TPSA) is 85.2 Å². The van der Waals surface area contributed by atoms with Gasteiger partial charge in [-0.25, -0.2) is 4.68 Å². The molecule has 1 amide bonds. The quantitative estimate of drug-likeness (QED) is 0.387. The molecule has 0 saturated heterocycles. The molecule has 2 aromatic carbocycles.